The molecular weight excluding hydrogens is 184 g/mol. The van der Waals surface area contributed by atoms with Gasteiger partial charge in [-0.25, -0.2) is 0 Å². The van der Waals surface area contributed by atoms with Gasteiger partial charge in [0.1, 0.15) is 0 Å². The number of hydrogen-bond acceptors (Lipinski definition) is 1. The lowest BCUT2D eigenvalue weighted by Gasteiger charge is -1.95. The number of hydrogen-bond donors (Lipinski definition) is 0. The van der Waals surface area contributed by atoms with E-state index in [4.69, 9.17) is 4.74 Å². The highest BCUT2D eigenvalue weighted by molar-refractivity contribution is 5.49. The van der Waals surface area contributed by atoms with E-state index in [2.05, 4.69) is 43.3 Å². The Labute approximate surface area is 93.8 Å². The molecule has 0 saturated heterocycles. The molecule has 1 heteroatoms. The second kappa shape index (κ2) is 9.47. The van der Waals surface area contributed by atoms with Gasteiger partial charge >= 0.3 is 0 Å². The van der Waals surface area contributed by atoms with Crippen molar-refractivity contribution in [3.63, 3.8) is 0 Å². The Balaban J connectivity index is 0.000000921. The zero-order valence-corrected chi connectivity index (χ0v) is 10.3. The van der Waals surface area contributed by atoms with Crippen molar-refractivity contribution in [3.8, 4) is 0 Å². The van der Waals surface area contributed by atoms with E-state index in [9.17, 15) is 0 Å². The molecule has 84 valence electrons. The van der Waals surface area contributed by atoms with Crippen molar-refractivity contribution in [2.45, 2.75) is 27.2 Å². The van der Waals surface area contributed by atoms with E-state index in [0.29, 0.717) is 0 Å². The predicted octanol–water partition coefficient (Wildman–Crippen LogP) is 4.07. The van der Waals surface area contributed by atoms with Crippen LogP contribution in [0.5, 0.6) is 0 Å². The molecule has 0 bridgehead atoms. The molecule has 0 heterocycles. The molecule has 15 heavy (non-hydrogen) atoms. The van der Waals surface area contributed by atoms with Crippen LogP contribution in [-0.4, -0.2) is 13.7 Å². The lowest BCUT2D eigenvalue weighted by molar-refractivity contribution is 0.204. The fourth-order valence-corrected chi connectivity index (χ4v) is 1.18. The van der Waals surface area contributed by atoms with E-state index in [-0.39, 0.29) is 0 Å². The monoisotopic (exact) mass is 206 g/mol. The number of rotatable bonds is 4. The first kappa shape index (κ1) is 13.9. The molecule has 0 aliphatic heterocycles. The molecule has 0 saturated carbocycles. The van der Waals surface area contributed by atoms with Crippen LogP contribution in [0, 0.1) is 6.92 Å². The first-order chi connectivity index (χ1) is 7.33. The van der Waals surface area contributed by atoms with Crippen LogP contribution in [0.4, 0.5) is 0 Å². The molecule has 0 spiro atoms. The van der Waals surface area contributed by atoms with Crippen LogP contribution in [0.15, 0.2) is 30.3 Å². The zero-order valence-electron chi connectivity index (χ0n) is 10.3. The zero-order chi connectivity index (χ0) is 11.5. The molecule has 1 rings (SSSR count). The van der Waals surface area contributed by atoms with Gasteiger partial charge in [-0.15, -0.1) is 0 Å². The average molecular weight is 206 g/mol. The maximum Gasteiger partial charge on any atom is 0.0496 e. The minimum atomic E-state index is 0.794. The summed E-state index contributed by atoms with van der Waals surface area (Å²) in [4.78, 5) is 0. The number of ether oxygens (including phenoxy) is 1. The smallest absolute Gasteiger partial charge is 0.0496 e. The van der Waals surface area contributed by atoms with Crippen LogP contribution >= 0.6 is 0 Å². The highest BCUT2D eigenvalue weighted by atomic mass is 16.5. The van der Waals surface area contributed by atoms with Crippen LogP contribution in [-0.2, 0) is 4.74 Å². The van der Waals surface area contributed by atoms with Gasteiger partial charge in [0.2, 0.25) is 0 Å². The average Bonchev–Trinajstić information content (AvgIpc) is 2.27. The van der Waals surface area contributed by atoms with Crippen LogP contribution in [0.3, 0.4) is 0 Å². The molecule has 1 aromatic rings. The Bertz CT molecular complexity index is 276. The molecule has 0 unspecified atom stereocenters. The normalized spacial score (nSPS) is 9.87. The summed E-state index contributed by atoms with van der Waals surface area (Å²) in [7, 11) is 1.72. The quantitative estimate of drug-likeness (QED) is 0.675. The van der Waals surface area contributed by atoms with Crippen LogP contribution in [0.2, 0.25) is 0 Å². The van der Waals surface area contributed by atoms with Gasteiger partial charge in [0, 0.05) is 13.7 Å². The minimum Gasteiger partial charge on any atom is -0.384 e. The third-order valence-electron chi connectivity index (χ3n) is 1.84. The predicted molar refractivity (Wildman–Crippen MR) is 68.1 cm³/mol. The Morgan fingerprint density at radius 2 is 2.00 bits per heavy atom. The fraction of sp³-hybridized carbons (Fsp3) is 0.429. The van der Waals surface area contributed by atoms with Crippen molar-refractivity contribution in [3.05, 3.63) is 41.5 Å². The van der Waals surface area contributed by atoms with Gasteiger partial charge in [-0.2, -0.15) is 0 Å². The minimum absolute atomic E-state index is 0.794. The van der Waals surface area contributed by atoms with Gasteiger partial charge in [-0.05, 0) is 18.9 Å². The van der Waals surface area contributed by atoms with Gasteiger partial charge in [0.05, 0.1) is 0 Å². The van der Waals surface area contributed by atoms with Gasteiger partial charge in [0.25, 0.3) is 0 Å². The van der Waals surface area contributed by atoms with Crippen LogP contribution in [0.1, 0.15) is 31.4 Å². The molecular formula is C14H22O. The topological polar surface area (TPSA) is 9.23 Å². The van der Waals surface area contributed by atoms with Crippen molar-refractivity contribution >= 4 is 6.08 Å². The van der Waals surface area contributed by atoms with E-state index < -0.39 is 0 Å². The van der Waals surface area contributed by atoms with E-state index in [1.165, 1.54) is 11.1 Å². The van der Waals surface area contributed by atoms with Crippen LogP contribution < -0.4 is 0 Å². The van der Waals surface area contributed by atoms with Crippen molar-refractivity contribution in [2.24, 2.45) is 0 Å². The molecule has 0 aromatic heterocycles. The standard InChI is InChI=1S/C12H16O.C2H6/c1-11-6-5-8-12(10-11)7-3-4-9-13-2;1-2/h3,5-8,10H,4,9H2,1-2H3;1-2H3/b7-3+;. The van der Waals surface area contributed by atoms with Gasteiger partial charge in [-0.1, -0.05) is 55.8 Å². The molecule has 0 amide bonds. The molecule has 0 fully saturated rings. The van der Waals surface area contributed by atoms with Gasteiger partial charge < -0.3 is 4.74 Å². The third kappa shape index (κ3) is 6.92. The number of methoxy groups -OCH3 is 1. The lowest BCUT2D eigenvalue weighted by atomic mass is 10.1. The SMILES string of the molecule is CC.COCC/C=C/c1cccc(C)c1. The Hall–Kier alpha value is -1.08. The maximum absolute atomic E-state index is 4.95. The van der Waals surface area contributed by atoms with Crippen molar-refractivity contribution < 1.29 is 4.74 Å². The molecule has 0 atom stereocenters. The Morgan fingerprint density at radius 3 is 2.60 bits per heavy atom. The first-order valence-corrected chi connectivity index (χ1v) is 5.55. The Morgan fingerprint density at radius 1 is 1.27 bits per heavy atom. The third-order valence-corrected chi connectivity index (χ3v) is 1.84. The molecule has 0 N–H and O–H groups in total. The summed E-state index contributed by atoms with van der Waals surface area (Å²) < 4.78 is 4.95. The molecule has 0 aliphatic rings. The van der Waals surface area contributed by atoms with Crippen molar-refractivity contribution in [1.29, 1.82) is 0 Å². The second-order valence-corrected chi connectivity index (χ2v) is 3.10. The number of aryl methyl sites for hydroxylation is 1. The van der Waals surface area contributed by atoms with Crippen molar-refractivity contribution in [1.82, 2.24) is 0 Å². The lowest BCUT2D eigenvalue weighted by Crippen LogP contribution is -1.83. The second-order valence-electron chi connectivity index (χ2n) is 3.10. The molecule has 0 aliphatic carbocycles. The summed E-state index contributed by atoms with van der Waals surface area (Å²) in [5.41, 5.74) is 2.56. The summed E-state index contributed by atoms with van der Waals surface area (Å²) in [6, 6.07) is 8.46. The number of benzene rings is 1. The van der Waals surface area contributed by atoms with E-state index in [1.54, 1.807) is 7.11 Å². The summed E-state index contributed by atoms with van der Waals surface area (Å²) in [6.07, 6.45) is 5.24. The summed E-state index contributed by atoms with van der Waals surface area (Å²) in [5, 5.41) is 0. The van der Waals surface area contributed by atoms with Gasteiger partial charge in [-0.3, -0.25) is 0 Å². The summed E-state index contributed by atoms with van der Waals surface area (Å²) in [6.45, 7) is 6.90. The molecule has 1 nitrogen and oxygen atoms in total. The summed E-state index contributed by atoms with van der Waals surface area (Å²) >= 11 is 0. The molecule has 1 aromatic carbocycles. The highest BCUT2D eigenvalue weighted by Crippen LogP contribution is 2.05. The van der Waals surface area contributed by atoms with E-state index in [1.807, 2.05) is 13.8 Å². The van der Waals surface area contributed by atoms with Gasteiger partial charge in [0.15, 0.2) is 0 Å². The molecule has 0 radical (unpaired) electrons. The maximum atomic E-state index is 4.95. The van der Waals surface area contributed by atoms with Crippen molar-refractivity contribution in [2.75, 3.05) is 13.7 Å². The highest BCUT2D eigenvalue weighted by Gasteiger charge is 1.86. The van der Waals surface area contributed by atoms with E-state index in [0.717, 1.165) is 13.0 Å². The van der Waals surface area contributed by atoms with Crippen LogP contribution in [0.25, 0.3) is 6.08 Å². The fourth-order valence-electron chi connectivity index (χ4n) is 1.18. The Kier molecular flexibility index (Phi) is 8.79. The van der Waals surface area contributed by atoms with E-state index >= 15 is 0 Å². The largest absolute Gasteiger partial charge is 0.384 e. The first-order valence-electron chi connectivity index (χ1n) is 5.55. The summed E-state index contributed by atoms with van der Waals surface area (Å²) in [5.74, 6) is 0.